The number of aliphatic hydroxyl groups is 1. The van der Waals surface area contributed by atoms with Gasteiger partial charge in [0.2, 0.25) is 0 Å². The Labute approximate surface area is 227 Å². The number of hydrogen-bond donors (Lipinski definition) is 5. The molecule has 0 bridgehead atoms. The zero-order chi connectivity index (χ0) is 27.8. The van der Waals surface area contributed by atoms with E-state index in [1.165, 1.54) is 0 Å². The van der Waals surface area contributed by atoms with Crippen molar-refractivity contribution in [3.8, 4) is 11.3 Å². The van der Waals surface area contributed by atoms with Crippen molar-refractivity contribution in [2.24, 2.45) is 5.92 Å². The number of aliphatic hydroxyl groups excluding tert-OH is 1. The number of cyclic esters (lactones) is 1. The summed E-state index contributed by atoms with van der Waals surface area (Å²) in [6, 6.07) is 21.4. The number of nitrogens with zero attached hydrogens (tertiary/aromatic N) is 2. The van der Waals surface area contributed by atoms with Crippen LogP contribution in [0.1, 0.15) is 25.0 Å². The van der Waals surface area contributed by atoms with Crippen molar-refractivity contribution in [1.82, 2.24) is 26.2 Å². The summed E-state index contributed by atoms with van der Waals surface area (Å²) in [7, 11) is 0. The molecule has 1 aliphatic heterocycles. The third kappa shape index (κ3) is 7.61. The Kier molecular flexibility index (Phi) is 9.61. The van der Waals surface area contributed by atoms with Gasteiger partial charge < -0.3 is 20.4 Å². The largest absolute Gasteiger partial charge is 0.443 e. The van der Waals surface area contributed by atoms with Gasteiger partial charge in [-0.2, -0.15) is 5.48 Å². The number of pyridine rings is 1. The Hall–Kier alpha value is -3.83. The van der Waals surface area contributed by atoms with E-state index in [-0.39, 0.29) is 19.0 Å². The van der Waals surface area contributed by atoms with Crippen LogP contribution < -0.4 is 16.2 Å². The van der Waals surface area contributed by atoms with Gasteiger partial charge in [0.1, 0.15) is 12.1 Å². The number of benzene rings is 2. The van der Waals surface area contributed by atoms with E-state index in [1.54, 1.807) is 11.2 Å². The number of hydroxylamine groups is 1. The lowest BCUT2D eigenvalue weighted by atomic mass is 10.00. The van der Waals surface area contributed by atoms with Gasteiger partial charge >= 0.3 is 6.09 Å². The van der Waals surface area contributed by atoms with E-state index < -0.39 is 36.3 Å². The van der Waals surface area contributed by atoms with Gasteiger partial charge in [-0.1, -0.05) is 74.5 Å². The van der Waals surface area contributed by atoms with E-state index in [0.717, 1.165) is 22.4 Å². The second kappa shape index (κ2) is 13.3. The van der Waals surface area contributed by atoms with Gasteiger partial charge in [0.15, 0.2) is 0 Å². The SMILES string of the molecule is CC(C)C1OC(=O)NC1C(=O)NN(Cc1ccc(-c2ccccn2)cc1)CC(O)C(Cc1ccccc1)NO. The number of ether oxygens (including phenoxy) is 1. The zero-order valence-electron chi connectivity index (χ0n) is 22.0. The topological polar surface area (TPSA) is 136 Å². The number of alkyl carbamates (subject to hydrolysis) is 1. The van der Waals surface area contributed by atoms with E-state index >= 15 is 0 Å². The first kappa shape index (κ1) is 28.2. The van der Waals surface area contributed by atoms with E-state index in [0.29, 0.717) is 6.42 Å². The highest BCUT2D eigenvalue weighted by atomic mass is 16.6. The van der Waals surface area contributed by atoms with Crippen LogP contribution >= 0.6 is 0 Å². The lowest BCUT2D eigenvalue weighted by Gasteiger charge is -2.30. The summed E-state index contributed by atoms with van der Waals surface area (Å²) in [4.78, 5) is 29.5. The highest BCUT2D eigenvalue weighted by Crippen LogP contribution is 2.20. The summed E-state index contributed by atoms with van der Waals surface area (Å²) in [5, 5.41) is 25.0. The van der Waals surface area contributed by atoms with Crippen LogP contribution in [-0.2, 0) is 22.5 Å². The van der Waals surface area contributed by atoms with Crippen LogP contribution in [0.4, 0.5) is 4.79 Å². The summed E-state index contributed by atoms with van der Waals surface area (Å²) in [6.45, 7) is 4.02. The summed E-state index contributed by atoms with van der Waals surface area (Å²) >= 11 is 0. The van der Waals surface area contributed by atoms with Gasteiger partial charge in [0, 0.05) is 24.8 Å². The highest BCUT2D eigenvalue weighted by molar-refractivity contribution is 5.88. The molecule has 2 heterocycles. The van der Waals surface area contributed by atoms with Crippen molar-refractivity contribution in [3.05, 3.63) is 90.1 Å². The molecule has 4 atom stereocenters. The first-order valence-corrected chi connectivity index (χ1v) is 13.0. The summed E-state index contributed by atoms with van der Waals surface area (Å²) in [5.41, 5.74) is 8.68. The fraction of sp³-hybridized carbons (Fsp3) is 0.345. The smallest absolute Gasteiger partial charge is 0.408 e. The molecular formula is C29H35N5O5. The van der Waals surface area contributed by atoms with E-state index in [4.69, 9.17) is 4.74 Å². The average Bonchev–Trinajstić information content (AvgIpc) is 3.35. The van der Waals surface area contributed by atoms with Crippen molar-refractivity contribution in [1.29, 1.82) is 0 Å². The van der Waals surface area contributed by atoms with Crippen LogP contribution in [0, 0.1) is 5.92 Å². The molecule has 3 aromatic rings. The summed E-state index contributed by atoms with van der Waals surface area (Å²) in [5.74, 6) is -0.528. The maximum absolute atomic E-state index is 13.3. The molecule has 5 N–H and O–H groups in total. The zero-order valence-corrected chi connectivity index (χ0v) is 22.0. The number of nitrogens with one attached hydrogen (secondary N) is 3. The number of rotatable bonds is 12. The maximum atomic E-state index is 13.3. The first-order chi connectivity index (χ1) is 18.8. The molecule has 0 saturated carbocycles. The number of amides is 2. The molecule has 10 heteroatoms. The number of hydrazine groups is 1. The number of carbonyl (C=O) groups is 2. The Morgan fingerprint density at radius 1 is 1.05 bits per heavy atom. The van der Waals surface area contributed by atoms with Crippen LogP contribution in [0.5, 0.6) is 0 Å². The van der Waals surface area contributed by atoms with E-state index in [9.17, 15) is 19.9 Å². The molecule has 4 unspecified atom stereocenters. The van der Waals surface area contributed by atoms with Crippen molar-refractivity contribution < 1.29 is 24.6 Å². The monoisotopic (exact) mass is 533 g/mol. The van der Waals surface area contributed by atoms with Gasteiger partial charge in [0.25, 0.3) is 5.91 Å². The second-order valence-electron chi connectivity index (χ2n) is 10.00. The molecular weight excluding hydrogens is 498 g/mol. The van der Waals surface area contributed by atoms with Crippen LogP contribution in [0.3, 0.4) is 0 Å². The number of aromatic nitrogens is 1. The predicted octanol–water partition coefficient (Wildman–Crippen LogP) is 2.67. The van der Waals surface area contributed by atoms with Crippen molar-refractivity contribution in [2.75, 3.05) is 6.54 Å². The van der Waals surface area contributed by atoms with Gasteiger partial charge in [-0.05, 0) is 35.6 Å². The minimum atomic E-state index is -1.04. The van der Waals surface area contributed by atoms with Crippen LogP contribution in [-0.4, -0.2) is 63.1 Å². The number of carbonyl (C=O) groups excluding carboxylic acids is 2. The molecule has 1 saturated heterocycles. The Balaban J connectivity index is 1.50. The predicted molar refractivity (Wildman–Crippen MR) is 145 cm³/mol. The minimum absolute atomic E-state index is 0.00661. The van der Waals surface area contributed by atoms with Crippen LogP contribution in [0.25, 0.3) is 11.3 Å². The van der Waals surface area contributed by atoms with E-state index in [1.807, 2.05) is 86.6 Å². The summed E-state index contributed by atoms with van der Waals surface area (Å²) < 4.78 is 5.29. The van der Waals surface area contributed by atoms with E-state index in [2.05, 4.69) is 21.2 Å². The van der Waals surface area contributed by atoms with Crippen molar-refractivity contribution in [2.45, 2.75) is 51.1 Å². The molecule has 2 amide bonds. The second-order valence-corrected chi connectivity index (χ2v) is 10.00. The molecule has 1 aliphatic rings. The first-order valence-electron chi connectivity index (χ1n) is 13.0. The third-order valence-corrected chi connectivity index (χ3v) is 6.68. The van der Waals surface area contributed by atoms with Gasteiger partial charge in [-0.25, -0.2) is 9.80 Å². The van der Waals surface area contributed by atoms with Gasteiger partial charge in [-0.3, -0.25) is 15.2 Å². The lowest BCUT2D eigenvalue weighted by molar-refractivity contribution is -0.130. The Morgan fingerprint density at radius 3 is 2.41 bits per heavy atom. The molecule has 0 spiro atoms. The fourth-order valence-electron chi connectivity index (χ4n) is 4.57. The molecule has 0 aliphatic carbocycles. The summed E-state index contributed by atoms with van der Waals surface area (Å²) in [6.07, 6.45) is -0.191. The number of hydrogen-bond acceptors (Lipinski definition) is 8. The average molecular weight is 534 g/mol. The quantitative estimate of drug-likeness (QED) is 0.224. The van der Waals surface area contributed by atoms with Gasteiger partial charge in [0.05, 0.1) is 17.8 Å². The molecule has 206 valence electrons. The lowest BCUT2D eigenvalue weighted by Crippen LogP contribution is -2.56. The van der Waals surface area contributed by atoms with Crippen molar-refractivity contribution >= 4 is 12.0 Å². The minimum Gasteiger partial charge on any atom is -0.443 e. The fourth-order valence-corrected chi connectivity index (χ4v) is 4.57. The Bertz CT molecular complexity index is 1210. The Morgan fingerprint density at radius 2 is 1.77 bits per heavy atom. The molecule has 1 aromatic heterocycles. The molecule has 10 nitrogen and oxygen atoms in total. The third-order valence-electron chi connectivity index (χ3n) is 6.68. The molecule has 2 aromatic carbocycles. The van der Waals surface area contributed by atoms with Crippen molar-refractivity contribution in [3.63, 3.8) is 0 Å². The normalized spacial score (nSPS) is 18.5. The maximum Gasteiger partial charge on any atom is 0.408 e. The standard InChI is InChI=1S/C29H35N5O5/c1-19(2)27-26(31-29(37)39-27)28(36)32-34(18-25(35)24(33-38)16-20-8-4-3-5-9-20)17-21-11-13-22(14-12-21)23-10-6-7-15-30-23/h3-15,19,24-27,33,35,38H,16-18H2,1-2H3,(H,31,37)(H,32,36). The highest BCUT2D eigenvalue weighted by Gasteiger charge is 2.41. The molecule has 39 heavy (non-hydrogen) atoms. The molecule has 4 rings (SSSR count). The van der Waals surface area contributed by atoms with Crippen LogP contribution in [0.2, 0.25) is 0 Å². The molecule has 0 radical (unpaired) electrons. The van der Waals surface area contributed by atoms with Gasteiger partial charge in [-0.15, -0.1) is 0 Å². The molecule has 1 fully saturated rings. The van der Waals surface area contributed by atoms with Crippen LogP contribution in [0.15, 0.2) is 79.0 Å².